The molecule has 1 N–H and O–H groups in total. The summed E-state index contributed by atoms with van der Waals surface area (Å²) in [7, 11) is 0. The highest BCUT2D eigenvalue weighted by atomic mass is 16.3. The second-order valence-electron chi connectivity index (χ2n) is 3.92. The van der Waals surface area contributed by atoms with Crippen LogP contribution in [0.3, 0.4) is 0 Å². The molecule has 0 heterocycles. The average Bonchev–Trinajstić information content (AvgIpc) is 2.32. The van der Waals surface area contributed by atoms with E-state index in [1.54, 1.807) is 0 Å². The lowest BCUT2D eigenvalue weighted by Crippen LogP contribution is -2.31. The highest BCUT2D eigenvalue weighted by Crippen LogP contribution is 2.44. The van der Waals surface area contributed by atoms with Gasteiger partial charge in [-0.1, -0.05) is 5.11 Å². The van der Waals surface area contributed by atoms with Crippen LogP contribution >= 0.6 is 0 Å². The Bertz CT molecular complexity index is 210. The Kier molecular flexibility index (Phi) is 1.95. The van der Waals surface area contributed by atoms with Crippen LogP contribution in [0, 0.1) is 11.8 Å². The first-order chi connectivity index (χ1) is 5.81. The molecule has 0 aliphatic heterocycles. The number of aliphatic hydroxyl groups is 1. The summed E-state index contributed by atoms with van der Waals surface area (Å²) in [6.07, 6.45) is 3.78. The summed E-state index contributed by atoms with van der Waals surface area (Å²) in [5.41, 5.74) is 8.34. The Morgan fingerprint density at radius 3 is 2.33 bits per heavy atom. The molecule has 0 aromatic carbocycles. The van der Waals surface area contributed by atoms with Gasteiger partial charge in [0.2, 0.25) is 0 Å². The van der Waals surface area contributed by atoms with Gasteiger partial charge in [-0.05, 0) is 43.1 Å². The van der Waals surface area contributed by atoms with Gasteiger partial charge < -0.3 is 5.11 Å². The molecular weight excluding hydrogens is 154 g/mol. The fraction of sp³-hybridized carbons (Fsp3) is 1.00. The molecule has 0 radical (unpaired) electrons. The summed E-state index contributed by atoms with van der Waals surface area (Å²) < 4.78 is 0. The summed E-state index contributed by atoms with van der Waals surface area (Å²) in [6, 6.07) is 0.179. The number of hydrogen-bond donors (Lipinski definition) is 1. The van der Waals surface area contributed by atoms with E-state index in [1.165, 1.54) is 0 Å². The Morgan fingerprint density at radius 2 is 1.83 bits per heavy atom. The molecule has 12 heavy (non-hydrogen) atoms. The summed E-state index contributed by atoms with van der Waals surface area (Å²) in [5, 5.41) is 13.3. The van der Waals surface area contributed by atoms with Crippen LogP contribution in [0.15, 0.2) is 5.11 Å². The third-order valence-electron chi connectivity index (χ3n) is 3.21. The molecular formula is C8H13N3O. The number of hydrogen-bond acceptors (Lipinski definition) is 2. The highest BCUT2D eigenvalue weighted by molar-refractivity contribution is 4.96. The van der Waals surface area contributed by atoms with Crippen LogP contribution in [-0.2, 0) is 0 Å². The summed E-state index contributed by atoms with van der Waals surface area (Å²) in [6.45, 7) is 0. The molecule has 4 nitrogen and oxygen atoms in total. The van der Waals surface area contributed by atoms with Crippen LogP contribution in [-0.4, -0.2) is 17.3 Å². The topological polar surface area (TPSA) is 69.0 Å². The first kappa shape index (κ1) is 7.90. The predicted octanol–water partition coefficient (Wildman–Crippen LogP) is 1.85. The van der Waals surface area contributed by atoms with Gasteiger partial charge in [0.15, 0.2) is 0 Å². The van der Waals surface area contributed by atoms with Crippen LogP contribution in [0.4, 0.5) is 0 Å². The number of nitrogens with zero attached hydrogens (tertiary/aromatic N) is 3. The minimum absolute atomic E-state index is 0.146. The van der Waals surface area contributed by atoms with E-state index < -0.39 is 0 Å². The second kappa shape index (κ2) is 2.96. The monoisotopic (exact) mass is 167 g/mol. The Balaban J connectivity index is 2.13. The molecule has 0 saturated heterocycles. The third-order valence-corrected chi connectivity index (χ3v) is 3.21. The summed E-state index contributed by atoms with van der Waals surface area (Å²) in [5.74, 6) is 0.907. The Labute approximate surface area is 71.2 Å². The highest BCUT2D eigenvalue weighted by Gasteiger charge is 2.41. The zero-order chi connectivity index (χ0) is 8.55. The van der Waals surface area contributed by atoms with Crippen LogP contribution in [0.1, 0.15) is 25.7 Å². The van der Waals surface area contributed by atoms with Crippen LogP contribution in [0.2, 0.25) is 0 Å². The van der Waals surface area contributed by atoms with Crippen LogP contribution in [0.25, 0.3) is 10.4 Å². The molecule has 2 bridgehead atoms. The van der Waals surface area contributed by atoms with Crippen molar-refractivity contribution < 1.29 is 5.11 Å². The molecule has 0 aromatic rings. The predicted molar refractivity (Wildman–Crippen MR) is 44.4 cm³/mol. The molecule has 0 spiro atoms. The normalized spacial score (nSPS) is 45.4. The van der Waals surface area contributed by atoms with Crippen molar-refractivity contribution in [3.05, 3.63) is 10.4 Å². The average molecular weight is 167 g/mol. The van der Waals surface area contributed by atoms with Crippen molar-refractivity contribution in [2.45, 2.75) is 37.8 Å². The van der Waals surface area contributed by atoms with Crippen LogP contribution in [0.5, 0.6) is 0 Å². The number of rotatable bonds is 1. The Hall–Kier alpha value is -0.730. The molecule has 2 aliphatic carbocycles. The van der Waals surface area contributed by atoms with E-state index in [4.69, 9.17) is 5.53 Å². The number of aliphatic hydroxyl groups excluding tert-OH is 1. The van der Waals surface area contributed by atoms with Gasteiger partial charge in [0, 0.05) is 11.0 Å². The van der Waals surface area contributed by atoms with Gasteiger partial charge in [0.1, 0.15) is 0 Å². The third kappa shape index (κ3) is 1.17. The minimum Gasteiger partial charge on any atom is -0.393 e. The smallest absolute Gasteiger partial charge is 0.0545 e. The van der Waals surface area contributed by atoms with E-state index >= 15 is 0 Å². The largest absolute Gasteiger partial charge is 0.393 e. The summed E-state index contributed by atoms with van der Waals surface area (Å²) >= 11 is 0. The molecule has 4 heteroatoms. The standard InChI is InChI=1S/C8H13N3O/c9-11-10-8-5-1-2-6(8)4-7(12)3-5/h5-8,12H,1-4H2/t5-,6+,7+,8-. The quantitative estimate of drug-likeness (QED) is 0.361. The van der Waals surface area contributed by atoms with Crippen molar-refractivity contribution in [2.24, 2.45) is 17.0 Å². The molecule has 2 aliphatic rings. The maximum atomic E-state index is 9.44. The van der Waals surface area contributed by atoms with Gasteiger partial charge in [0.05, 0.1) is 6.10 Å². The fourth-order valence-electron chi connectivity index (χ4n) is 2.71. The lowest BCUT2D eigenvalue weighted by atomic mass is 9.83. The van der Waals surface area contributed by atoms with Crippen LogP contribution < -0.4 is 0 Å². The van der Waals surface area contributed by atoms with Gasteiger partial charge in [-0.2, -0.15) is 0 Å². The molecule has 66 valence electrons. The van der Waals surface area contributed by atoms with E-state index in [1.807, 2.05) is 0 Å². The first-order valence-corrected chi connectivity index (χ1v) is 4.53. The maximum absolute atomic E-state index is 9.44. The SMILES string of the molecule is [N-]=[N+]=N[C@@H]1[C@@H]2CC[C@H]1C[C@@H](O)C2. The molecule has 2 rings (SSSR count). The molecule has 2 saturated carbocycles. The number of fused-ring (bicyclic) bond motifs is 2. The number of azide groups is 1. The van der Waals surface area contributed by atoms with E-state index in [9.17, 15) is 5.11 Å². The molecule has 2 fully saturated rings. The lowest BCUT2D eigenvalue weighted by molar-refractivity contribution is 0.0851. The minimum atomic E-state index is -0.146. The van der Waals surface area contributed by atoms with Crippen molar-refractivity contribution >= 4 is 0 Å². The van der Waals surface area contributed by atoms with Gasteiger partial charge in [-0.15, -0.1) is 0 Å². The van der Waals surface area contributed by atoms with Crippen molar-refractivity contribution in [1.29, 1.82) is 0 Å². The maximum Gasteiger partial charge on any atom is 0.0545 e. The van der Waals surface area contributed by atoms with Gasteiger partial charge in [0.25, 0.3) is 0 Å². The van der Waals surface area contributed by atoms with Gasteiger partial charge in [-0.25, -0.2) is 0 Å². The summed E-state index contributed by atoms with van der Waals surface area (Å²) in [4.78, 5) is 2.87. The zero-order valence-electron chi connectivity index (χ0n) is 6.93. The van der Waals surface area contributed by atoms with Crippen molar-refractivity contribution in [3.8, 4) is 0 Å². The van der Waals surface area contributed by atoms with Gasteiger partial charge >= 0.3 is 0 Å². The fourth-order valence-corrected chi connectivity index (χ4v) is 2.71. The van der Waals surface area contributed by atoms with E-state index in [-0.39, 0.29) is 12.1 Å². The van der Waals surface area contributed by atoms with Crippen molar-refractivity contribution in [3.63, 3.8) is 0 Å². The first-order valence-electron chi connectivity index (χ1n) is 4.53. The molecule has 0 unspecified atom stereocenters. The van der Waals surface area contributed by atoms with E-state index in [0.29, 0.717) is 11.8 Å². The Morgan fingerprint density at radius 1 is 1.25 bits per heavy atom. The van der Waals surface area contributed by atoms with Crippen molar-refractivity contribution in [2.75, 3.05) is 0 Å². The zero-order valence-corrected chi connectivity index (χ0v) is 6.93. The van der Waals surface area contributed by atoms with E-state index in [2.05, 4.69) is 10.0 Å². The molecule has 0 amide bonds. The molecule has 0 aromatic heterocycles. The molecule has 4 atom stereocenters. The van der Waals surface area contributed by atoms with E-state index in [0.717, 1.165) is 25.7 Å². The van der Waals surface area contributed by atoms with Crippen molar-refractivity contribution in [1.82, 2.24) is 0 Å². The van der Waals surface area contributed by atoms with Gasteiger partial charge in [-0.3, -0.25) is 0 Å². The lowest BCUT2D eigenvalue weighted by Gasteiger charge is -2.29. The second-order valence-corrected chi connectivity index (χ2v) is 3.92.